The summed E-state index contributed by atoms with van der Waals surface area (Å²) in [5.74, 6) is -0.679. The highest BCUT2D eigenvalue weighted by molar-refractivity contribution is 7.89. The number of sulfonamides is 1. The lowest BCUT2D eigenvalue weighted by molar-refractivity contribution is -0.112. The average Bonchev–Trinajstić information content (AvgIpc) is 2.45. The molecule has 2 N–H and O–H groups in total. The number of nitrogens with zero attached hydrogens (tertiary/aromatic N) is 1. The lowest BCUT2D eigenvalue weighted by Crippen LogP contribution is -2.50. The van der Waals surface area contributed by atoms with Crippen LogP contribution in [0.5, 0.6) is 0 Å². The number of carbonyl (C=O) groups is 1. The van der Waals surface area contributed by atoms with Gasteiger partial charge in [-0.05, 0) is 31.5 Å². The molecule has 1 aromatic rings. The summed E-state index contributed by atoms with van der Waals surface area (Å²) in [6, 6.07) is 6.09. The molecule has 120 valence electrons. The number of rotatable bonds is 4. The average molecular weight is 324 g/mol. The predicted octanol–water partition coefficient (Wildman–Crippen LogP) is 0.985. The monoisotopic (exact) mass is 324 g/mol. The first-order valence-corrected chi connectivity index (χ1v) is 8.31. The zero-order chi connectivity index (χ0) is 16.5. The standard InChI is InChI=1S/C15H20N2O4S/c1-11(14(16)18)12-5-4-6-13(9-12)22(19,20)17-7-8-21-15(2,3)10-17/h4-6,9H,1,7-8,10H2,2-3H3,(H2,16,18). The van der Waals surface area contributed by atoms with Crippen molar-refractivity contribution in [3.8, 4) is 0 Å². The van der Waals surface area contributed by atoms with Gasteiger partial charge in [-0.3, -0.25) is 4.79 Å². The number of primary amides is 1. The molecule has 2 rings (SSSR count). The van der Waals surface area contributed by atoms with Crippen molar-refractivity contribution in [1.29, 1.82) is 0 Å². The molecule has 1 aliphatic rings. The Morgan fingerprint density at radius 3 is 2.68 bits per heavy atom. The van der Waals surface area contributed by atoms with Crippen molar-refractivity contribution in [2.75, 3.05) is 19.7 Å². The van der Waals surface area contributed by atoms with E-state index in [2.05, 4.69) is 6.58 Å². The molecule has 0 radical (unpaired) electrons. The maximum absolute atomic E-state index is 12.7. The van der Waals surface area contributed by atoms with Gasteiger partial charge in [-0.25, -0.2) is 8.42 Å². The Morgan fingerprint density at radius 1 is 1.41 bits per heavy atom. The smallest absolute Gasteiger partial charge is 0.248 e. The SMILES string of the molecule is C=C(C(N)=O)c1cccc(S(=O)(=O)N2CCOC(C)(C)C2)c1. The van der Waals surface area contributed by atoms with E-state index in [-0.39, 0.29) is 17.0 Å². The molecule has 7 heteroatoms. The van der Waals surface area contributed by atoms with Crippen LogP contribution in [-0.4, -0.2) is 43.9 Å². The summed E-state index contributed by atoms with van der Waals surface area (Å²) in [6.07, 6.45) is 0. The van der Waals surface area contributed by atoms with Crippen molar-refractivity contribution in [3.05, 3.63) is 36.4 Å². The zero-order valence-corrected chi connectivity index (χ0v) is 13.5. The summed E-state index contributed by atoms with van der Waals surface area (Å²) < 4.78 is 32.4. The fourth-order valence-electron chi connectivity index (χ4n) is 2.31. The molecule has 0 unspecified atom stereocenters. The number of morpholine rings is 1. The molecule has 0 bridgehead atoms. The lowest BCUT2D eigenvalue weighted by atomic mass is 10.1. The van der Waals surface area contributed by atoms with Crippen LogP contribution < -0.4 is 5.73 Å². The summed E-state index contributed by atoms with van der Waals surface area (Å²) in [5, 5.41) is 0. The molecule has 6 nitrogen and oxygen atoms in total. The van der Waals surface area contributed by atoms with Gasteiger partial charge in [-0.2, -0.15) is 4.31 Å². The van der Waals surface area contributed by atoms with Gasteiger partial charge < -0.3 is 10.5 Å². The van der Waals surface area contributed by atoms with E-state index in [4.69, 9.17) is 10.5 Å². The first kappa shape index (κ1) is 16.7. The zero-order valence-electron chi connectivity index (χ0n) is 12.7. The largest absolute Gasteiger partial charge is 0.373 e. The van der Waals surface area contributed by atoms with Gasteiger partial charge >= 0.3 is 0 Å². The van der Waals surface area contributed by atoms with Crippen molar-refractivity contribution >= 4 is 21.5 Å². The number of ether oxygens (including phenoxy) is 1. The highest BCUT2D eigenvalue weighted by Crippen LogP contribution is 2.25. The fraction of sp³-hybridized carbons (Fsp3) is 0.400. The van der Waals surface area contributed by atoms with Gasteiger partial charge in [0.25, 0.3) is 0 Å². The fourth-order valence-corrected chi connectivity index (χ4v) is 3.93. The Balaban J connectivity index is 2.36. The third-order valence-corrected chi connectivity index (χ3v) is 5.35. The molecule has 1 amide bonds. The molecule has 0 atom stereocenters. The van der Waals surface area contributed by atoms with Crippen LogP contribution in [0.4, 0.5) is 0 Å². The number of amides is 1. The lowest BCUT2D eigenvalue weighted by Gasteiger charge is -2.37. The summed E-state index contributed by atoms with van der Waals surface area (Å²) in [5.41, 5.74) is 5.15. The summed E-state index contributed by atoms with van der Waals surface area (Å²) in [6.45, 7) is 8.19. The van der Waals surface area contributed by atoms with E-state index in [0.29, 0.717) is 18.7 Å². The van der Waals surface area contributed by atoms with Crippen molar-refractivity contribution in [1.82, 2.24) is 4.31 Å². The Morgan fingerprint density at radius 2 is 2.09 bits per heavy atom. The molecule has 0 spiro atoms. The van der Waals surface area contributed by atoms with Crippen molar-refractivity contribution in [2.45, 2.75) is 24.3 Å². The van der Waals surface area contributed by atoms with E-state index in [9.17, 15) is 13.2 Å². The molecule has 0 aromatic heterocycles. The van der Waals surface area contributed by atoms with Crippen LogP contribution in [0.25, 0.3) is 5.57 Å². The van der Waals surface area contributed by atoms with E-state index in [1.54, 1.807) is 12.1 Å². The molecule has 1 saturated heterocycles. The minimum absolute atomic E-state index is 0.0827. The number of hydrogen-bond donors (Lipinski definition) is 1. The Hall–Kier alpha value is -1.70. The Bertz CT molecular complexity index is 710. The second-order valence-corrected chi connectivity index (χ2v) is 7.76. The highest BCUT2D eigenvalue weighted by Gasteiger charge is 2.35. The van der Waals surface area contributed by atoms with Crippen molar-refractivity contribution in [3.63, 3.8) is 0 Å². The van der Waals surface area contributed by atoms with Gasteiger partial charge in [0.15, 0.2) is 0 Å². The van der Waals surface area contributed by atoms with Crippen LogP contribution in [0.15, 0.2) is 35.7 Å². The molecular formula is C15H20N2O4S. The van der Waals surface area contributed by atoms with E-state index in [0.717, 1.165) is 0 Å². The van der Waals surface area contributed by atoms with E-state index >= 15 is 0 Å². The maximum Gasteiger partial charge on any atom is 0.248 e. The first-order valence-electron chi connectivity index (χ1n) is 6.87. The summed E-state index contributed by atoms with van der Waals surface area (Å²) in [7, 11) is -3.65. The third kappa shape index (κ3) is 3.37. The van der Waals surface area contributed by atoms with Gasteiger partial charge in [0, 0.05) is 18.7 Å². The van der Waals surface area contributed by atoms with Gasteiger partial charge in [-0.15, -0.1) is 0 Å². The molecule has 1 heterocycles. The summed E-state index contributed by atoms with van der Waals surface area (Å²) in [4.78, 5) is 11.3. The van der Waals surface area contributed by atoms with E-state index in [1.807, 2.05) is 13.8 Å². The van der Waals surface area contributed by atoms with Crippen LogP contribution >= 0.6 is 0 Å². The Labute approximate surface area is 130 Å². The molecular weight excluding hydrogens is 304 g/mol. The van der Waals surface area contributed by atoms with Crippen LogP contribution in [0.2, 0.25) is 0 Å². The van der Waals surface area contributed by atoms with E-state index < -0.39 is 21.5 Å². The van der Waals surface area contributed by atoms with Gasteiger partial charge in [0.05, 0.1) is 17.1 Å². The minimum Gasteiger partial charge on any atom is -0.373 e. The third-order valence-electron chi connectivity index (χ3n) is 3.51. The quantitative estimate of drug-likeness (QED) is 0.836. The molecule has 1 fully saturated rings. The van der Waals surface area contributed by atoms with Crippen LogP contribution in [0.3, 0.4) is 0 Å². The molecule has 0 saturated carbocycles. The van der Waals surface area contributed by atoms with Crippen LogP contribution in [-0.2, 0) is 19.6 Å². The summed E-state index contributed by atoms with van der Waals surface area (Å²) >= 11 is 0. The molecule has 1 aromatic carbocycles. The number of hydrogen-bond acceptors (Lipinski definition) is 4. The van der Waals surface area contributed by atoms with Gasteiger partial charge in [-0.1, -0.05) is 18.7 Å². The van der Waals surface area contributed by atoms with E-state index in [1.165, 1.54) is 16.4 Å². The second-order valence-electron chi connectivity index (χ2n) is 5.82. The Kier molecular flexibility index (Phi) is 4.42. The topological polar surface area (TPSA) is 89.7 Å². The van der Waals surface area contributed by atoms with Crippen LogP contribution in [0.1, 0.15) is 19.4 Å². The number of nitrogens with two attached hydrogens (primary N) is 1. The minimum atomic E-state index is -3.65. The van der Waals surface area contributed by atoms with Crippen molar-refractivity contribution in [2.24, 2.45) is 5.73 Å². The normalized spacial score (nSPS) is 18.8. The van der Waals surface area contributed by atoms with Gasteiger partial charge in [0.1, 0.15) is 0 Å². The first-order chi connectivity index (χ1) is 10.1. The van der Waals surface area contributed by atoms with Gasteiger partial charge in [0.2, 0.25) is 15.9 Å². The predicted molar refractivity (Wildman–Crippen MR) is 83.5 cm³/mol. The second kappa shape index (κ2) is 5.83. The van der Waals surface area contributed by atoms with Crippen LogP contribution in [0, 0.1) is 0 Å². The molecule has 0 aliphatic carbocycles. The number of benzene rings is 1. The number of carbonyl (C=O) groups excluding carboxylic acids is 1. The maximum atomic E-state index is 12.7. The molecule has 1 aliphatic heterocycles. The van der Waals surface area contributed by atoms with Crippen molar-refractivity contribution < 1.29 is 17.9 Å². The highest BCUT2D eigenvalue weighted by atomic mass is 32.2. The molecule has 22 heavy (non-hydrogen) atoms.